The molecule has 0 unspecified atom stereocenters. The molecule has 6 heteroatoms. The van der Waals surface area contributed by atoms with Crippen LogP contribution >= 0.6 is 0 Å². The van der Waals surface area contributed by atoms with Crippen LogP contribution in [0.15, 0.2) is 24.3 Å². The Kier molecular flexibility index (Phi) is 3.18. The number of benzene rings is 1. The fraction of sp³-hybridized carbons (Fsp3) is 0.385. The first-order valence-electron chi connectivity index (χ1n) is 6.26. The lowest BCUT2D eigenvalue weighted by Gasteiger charge is -2.25. The van der Waals surface area contributed by atoms with E-state index in [2.05, 4.69) is 22.2 Å². The van der Waals surface area contributed by atoms with Crippen molar-refractivity contribution in [3.05, 3.63) is 35.4 Å². The quantitative estimate of drug-likeness (QED) is 0.654. The molecular weight excluding hydrogens is 246 g/mol. The standard InChI is InChI=1S/C13H15N3O3/c17-12(15-11-7-19-16-13(11)18)10-5-8-3-1-2-4-9(8)6-14-10/h1-4,10-11,14H,5-7H2,(H,15,17)(H,16,18)/t10-,11+/m0/s1. The van der Waals surface area contributed by atoms with E-state index in [1.807, 2.05) is 18.2 Å². The van der Waals surface area contributed by atoms with Crippen molar-refractivity contribution in [1.82, 2.24) is 16.1 Å². The number of rotatable bonds is 2. The molecule has 2 aliphatic heterocycles. The first-order valence-corrected chi connectivity index (χ1v) is 6.26. The zero-order chi connectivity index (χ0) is 13.2. The number of hydroxylamine groups is 1. The van der Waals surface area contributed by atoms with Crippen LogP contribution in [0, 0.1) is 0 Å². The molecule has 100 valence electrons. The van der Waals surface area contributed by atoms with Gasteiger partial charge in [-0.15, -0.1) is 0 Å². The average Bonchev–Trinajstić information content (AvgIpc) is 2.84. The number of carbonyl (C=O) groups is 2. The molecule has 2 heterocycles. The van der Waals surface area contributed by atoms with Crippen LogP contribution in [0.25, 0.3) is 0 Å². The van der Waals surface area contributed by atoms with Gasteiger partial charge in [0.1, 0.15) is 12.6 Å². The maximum absolute atomic E-state index is 12.1. The second-order valence-corrected chi connectivity index (χ2v) is 4.74. The highest BCUT2D eigenvalue weighted by Gasteiger charge is 2.31. The molecule has 6 nitrogen and oxygen atoms in total. The van der Waals surface area contributed by atoms with Gasteiger partial charge in [-0.05, 0) is 17.5 Å². The minimum Gasteiger partial charge on any atom is -0.341 e. The van der Waals surface area contributed by atoms with E-state index < -0.39 is 6.04 Å². The van der Waals surface area contributed by atoms with Crippen molar-refractivity contribution >= 4 is 11.8 Å². The van der Waals surface area contributed by atoms with Crippen LogP contribution in [-0.2, 0) is 27.4 Å². The fourth-order valence-electron chi connectivity index (χ4n) is 2.36. The third-order valence-corrected chi connectivity index (χ3v) is 3.45. The maximum Gasteiger partial charge on any atom is 0.268 e. The van der Waals surface area contributed by atoms with Gasteiger partial charge in [0, 0.05) is 6.54 Å². The van der Waals surface area contributed by atoms with E-state index in [4.69, 9.17) is 4.84 Å². The molecule has 2 atom stereocenters. The Morgan fingerprint density at radius 3 is 2.84 bits per heavy atom. The summed E-state index contributed by atoms with van der Waals surface area (Å²) >= 11 is 0. The Morgan fingerprint density at radius 2 is 2.11 bits per heavy atom. The number of carbonyl (C=O) groups excluding carboxylic acids is 2. The second-order valence-electron chi connectivity index (χ2n) is 4.74. The summed E-state index contributed by atoms with van der Waals surface area (Å²) in [5.74, 6) is -0.468. The van der Waals surface area contributed by atoms with Crippen LogP contribution in [-0.4, -0.2) is 30.5 Å². The topological polar surface area (TPSA) is 79.5 Å². The SMILES string of the molecule is O=C(N[C@@H]1CONC1=O)[C@@H]1Cc2ccccc2CN1. The molecule has 0 radical (unpaired) electrons. The zero-order valence-electron chi connectivity index (χ0n) is 10.3. The molecule has 1 aromatic rings. The molecule has 0 spiro atoms. The van der Waals surface area contributed by atoms with Gasteiger partial charge in [-0.3, -0.25) is 14.4 Å². The zero-order valence-corrected chi connectivity index (χ0v) is 10.3. The van der Waals surface area contributed by atoms with Crippen molar-refractivity contribution < 1.29 is 14.4 Å². The molecular formula is C13H15N3O3. The number of fused-ring (bicyclic) bond motifs is 1. The highest BCUT2D eigenvalue weighted by atomic mass is 16.7. The number of hydrogen-bond acceptors (Lipinski definition) is 4. The van der Waals surface area contributed by atoms with Gasteiger partial charge in [0.25, 0.3) is 5.91 Å². The van der Waals surface area contributed by atoms with Crippen molar-refractivity contribution in [2.75, 3.05) is 6.61 Å². The van der Waals surface area contributed by atoms with Crippen LogP contribution in [0.4, 0.5) is 0 Å². The summed E-state index contributed by atoms with van der Waals surface area (Å²) in [6.07, 6.45) is 0.636. The molecule has 1 saturated heterocycles. The van der Waals surface area contributed by atoms with Gasteiger partial charge in [0.2, 0.25) is 5.91 Å². The molecule has 19 heavy (non-hydrogen) atoms. The summed E-state index contributed by atoms with van der Waals surface area (Å²) in [7, 11) is 0. The normalized spacial score (nSPS) is 25.6. The van der Waals surface area contributed by atoms with E-state index in [1.165, 1.54) is 11.1 Å². The van der Waals surface area contributed by atoms with Gasteiger partial charge in [0.05, 0.1) is 6.04 Å². The van der Waals surface area contributed by atoms with Gasteiger partial charge in [-0.25, -0.2) is 5.48 Å². The van der Waals surface area contributed by atoms with Gasteiger partial charge < -0.3 is 10.6 Å². The molecule has 1 fully saturated rings. The predicted octanol–water partition coefficient (Wildman–Crippen LogP) is -0.753. The van der Waals surface area contributed by atoms with Gasteiger partial charge >= 0.3 is 0 Å². The van der Waals surface area contributed by atoms with Crippen molar-refractivity contribution in [3.63, 3.8) is 0 Å². The molecule has 3 rings (SSSR count). The highest BCUT2D eigenvalue weighted by Crippen LogP contribution is 2.16. The van der Waals surface area contributed by atoms with E-state index in [0.717, 1.165) is 0 Å². The summed E-state index contributed by atoms with van der Waals surface area (Å²) in [5.41, 5.74) is 4.61. The first-order chi connectivity index (χ1) is 9.24. The van der Waals surface area contributed by atoms with Gasteiger partial charge in [-0.2, -0.15) is 0 Å². The molecule has 2 aliphatic rings. The molecule has 0 aliphatic carbocycles. The third kappa shape index (κ3) is 2.45. The van der Waals surface area contributed by atoms with Crippen molar-refractivity contribution in [1.29, 1.82) is 0 Å². The lowest BCUT2D eigenvalue weighted by atomic mass is 9.95. The van der Waals surface area contributed by atoms with Crippen LogP contribution in [0.3, 0.4) is 0 Å². The summed E-state index contributed by atoms with van der Waals surface area (Å²) in [6.45, 7) is 0.843. The molecule has 3 N–H and O–H groups in total. The smallest absolute Gasteiger partial charge is 0.268 e. The summed E-state index contributed by atoms with van der Waals surface area (Å²) in [4.78, 5) is 28.2. The lowest BCUT2D eigenvalue weighted by Crippen LogP contribution is -2.52. The Hall–Kier alpha value is -1.92. The number of amides is 2. The Bertz CT molecular complexity index is 518. The lowest BCUT2D eigenvalue weighted by molar-refractivity contribution is -0.129. The summed E-state index contributed by atoms with van der Waals surface area (Å²) < 4.78 is 0. The van der Waals surface area contributed by atoms with Crippen LogP contribution < -0.4 is 16.1 Å². The Labute approximate surface area is 110 Å². The average molecular weight is 261 g/mol. The van der Waals surface area contributed by atoms with Crippen LogP contribution in [0.2, 0.25) is 0 Å². The molecule has 0 aromatic heterocycles. The monoisotopic (exact) mass is 261 g/mol. The van der Waals surface area contributed by atoms with Gasteiger partial charge in [-0.1, -0.05) is 24.3 Å². The minimum atomic E-state index is -0.591. The number of nitrogens with one attached hydrogen (secondary N) is 3. The minimum absolute atomic E-state index is 0.167. The largest absolute Gasteiger partial charge is 0.341 e. The van der Waals surface area contributed by atoms with E-state index in [-0.39, 0.29) is 24.5 Å². The van der Waals surface area contributed by atoms with E-state index in [1.54, 1.807) is 0 Å². The molecule has 2 amide bonds. The molecule has 0 bridgehead atoms. The summed E-state index contributed by atoms with van der Waals surface area (Å²) in [6, 6.07) is 7.14. The predicted molar refractivity (Wildman–Crippen MR) is 66.8 cm³/mol. The van der Waals surface area contributed by atoms with Crippen LogP contribution in [0.5, 0.6) is 0 Å². The molecule has 0 saturated carbocycles. The maximum atomic E-state index is 12.1. The van der Waals surface area contributed by atoms with E-state index >= 15 is 0 Å². The first kappa shape index (κ1) is 12.1. The second kappa shape index (κ2) is 4.99. The van der Waals surface area contributed by atoms with E-state index in [0.29, 0.717) is 13.0 Å². The van der Waals surface area contributed by atoms with Crippen LogP contribution in [0.1, 0.15) is 11.1 Å². The molecule has 1 aromatic carbocycles. The third-order valence-electron chi connectivity index (χ3n) is 3.45. The van der Waals surface area contributed by atoms with Gasteiger partial charge in [0.15, 0.2) is 0 Å². The Morgan fingerprint density at radius 1 is 1.32 bits per heavy atom. The fourth-order valence-corrected chi connectivity index (χ4v) is 2.36. The summed E-state index contributed by atoms with van der Waals surface area (Å²) in [5, 5.41) is 5.87. The highest BCUT2D eigenvalue weighted by molar-refractivity contribution is 5.90. The van der Waals surface area contributed by atoms with Crippen molar-refractivity contribution in [2.24, 2.45) is 0 Å². The number of hydrogen-bond donors (Lipinski definition) is 3. The van der Waals surface area contributed by atoms with Crippen molar-refractivity contribution in [3.8, 4) is 0 Å². The van der Waals surface area contributed by atoms with E-state index in [9.17, 15) is 9.59 Å². The Balaban J connectivity index is 1.64. The van der Waals surface area contributed by atoms with Crippen molar-refractivity contribution in [2.45, 2.75) is 25.0 Å².